The van der Waals surface area contributed by atoms with Gasteiger partial charge in [-0.15, -0.1) is 0 Å². The first kappa shape index (κ1) is 18.0. The summed E-state index contributed by atoms with van der Waals surface area (Å²) in [6.45, 7) is 2.84. The molecule has 0 amide bonds. The number of aryl methyl sites for hydroxylation is 1. The standard InChI is InChI=1S/C16H17ClFN3O3S/c1-9-3-4-12(18)11(14(9)17)7-21-6-5-10-13(8-21)19-16(20-15(10)22)25(2,23)24/h3-4H,5-8H2,1-2H3,(H,19,20,22). The molecule has 0 saturated carbocycles. The predicted molar refractivity (Wildman–Crippen MR) is 91.9 cm³/mol. The maximum Gasteiger partial charge on any atom is 0.255 e. The van der Waals surface area contributed by atoms with Crippen molar-refractivity contribution >= 4 is 21.4 Å². The molecule has 1 aromatic heterocycles. The van der Waals surface area contributed by atoms with E-state index in [1.807, 2.05) is 4.90 Å². The summed E-state index contributed by atoms with van der Waals surface area (Å²) in [6.07, 6.45) is 1.40. The molecule has 0 unspecified atom stereocenters. The number of nitrogens with one attached hydrogen (secondary N) is 1. The van der Waals surface area contributed by atoms with Crippen molar-refractivity contribution in [3.63, 3.8) is 0 Å². The van der Waals surface area contributed by atoms with Crippen LogP contribution in [0, 0.1) is 12.7 Å². The molecule has 1 aliphatic rings. The first-order valence-electron chi connectivity index (χ1n) is 7.65. The van der Waals surface area contributed by atoms with E-state index in [4.69, 9.17) is 11.6 Å². The lowest BCUT2D eigenvalue weighted by Crippen LogP contribution is -2.36. The number of rotatable bonds is 3. The fourth-order valence-corrected chi connectivity index (χ4v) is 3.63. The molecule has 0 fully saturated rings. The SMILES string of the molecule is Cc1ccc(F)c(CN2CCc3c(nc(S(C)(=O)=O)[nH]c3=O)C2)c1Cl. The van der Waals surface area contributed by atoms with Crippen LogP contribution in [-0.4, -0.2) is 36.1 Å². The molecule has 134 valence electrons. The van der Waals surface area contributed by atoms with Crippen LogP contribution >= 0.6 is 11.6 Å². The number of H-pyrrole nitrogens is 1. The number of fused-ring (bicyclic) bond motifs is 1. The summed E-state index contributed by atoms with van der Waals surface area (Å²) < 4.78 is 37.4. The van der Waals surface area contributed by atoms with Crippen molar-refractivity contribution < 1.29 is 12.8 Å². The fourth-order valence-electron chi connectivity index (χ4n) is 2.86. The Morgan fingerprint density at radius 1 is 1.40 bits per heavy atom. The van der Waals surface area contributed by atoms with Gasteiger partial charge in [0.2, 0.25) is 15.0 Å². The highest BCUT2D eigenvalue weighted by molar-refractivity contribution is 7.90. The van der Waals surface area contributed by atoms with Gasteiger partial charge in [-0.3, -0.25) is 14.7 Å². The van der Waals surface area contributed by atoms with Crippen molar-refractivity contribution in [2.45, 2.75) is 31.6 Å². The molecule has 2 aromatic rings. The molecule has 0 atom stereocenters. The van der Waals surface area contributed by atoms with Crippen molar-refractivity contribution in [3.8, 4) is 0 Å². The molecule has 25 heavy (non-hydrogen) atoms. The average molecular weight is 386 g/mol. The Labute approximate surface area is 149 Å². The smallest absolute Gasteiger partial charge is 0.255 e. The molecule has 1 aliphatic heterocycles. The third-order valence-corrected chi connectivity index (χ3v) is 5.66. The van der Waals surface area contributed by atoms with Crippen LogP contribution in [0.15, 0.2) is 22.1 Å². The van der Waals surface area contributed by atoms with Crippen molar-refractivity contribution in [2.75, 3.05) is 12.8 Å². The van der Waals surface area contributed by atoms with Gasteiger partial charge in [-0.2, -0.15) is 0 Å². The Kier molecular flexibility index (Phi) is 4.70. The van der Waals surface area contributed by atoms with Gasteiger partial charge in [-0.25, -0.2) is 17.8 Å². The second kappa shape index (κ2) is 6.51. The summed E-state index contributed by atoms with van der Waals surface area (Å²) in [6, 6.07) is 2.99. The zero-order chi connectivity index (χ0) is 18.4. The first-order chi connectivity index (χ1) is 11.7. The molecule has 0 saturated heterocycles. The van der Waals surface area contributed by atoms with Gasteiger partial charge < -0.3 is 0 Å². The number of aromatic amines is 1. The fraction of sp³-hybridized carbons (Fsp3) is 0.375. The largest absolute Gasteiger partial charge is 0.297 e. The Morgan fingerprint density at radius 3 is 2.80 bits per heavy atom. The van der Waals surface area contributed by atoms with Crippen molar-refractivity contribution in [1.82, 2.24) is 14.9 Å². The van der Waals surface area contributed by atoms with Crippen molar-refractivity contribution in [3.05, 3.63) is 55.7 Å². The number of hydrogen-bond acceptors (Lipinski definition) is 5. The molecule has 2 heterocycles. The van der Waals surface area contributed by atoms with Crippen LogP contribution in [0.4, 0.5) is 4.39 Å². The molecule has 0 aliphatic carbocycles. The Morgan fingerprint density at radius 2 is 2.12 bits per heavy atom. The van der Waals surface area contributed by atoms with Crippen LogP contribution in [0.25, 0.3) is 0 Å². The summed E-state index contributed by atoms with van der Waals surface area (Å²) in [5, 5.41) is 0.0272. The van der Waals surface area contributed by atoms with Crippen LogP contribution in [0.2, 0.25) is 5.02 Å². The van der Waals surface area contributed by atoms with E-state index < -0.39 is 21.2 Å². The van der Waals surface area contributed by atoms with Gasteiger partial charge in [0.1, 0.15) is 5.82 Å². The quantitative estimate of drug-likeness (QED) is 0.815. The Bertz CT molecular complexity index is 1000. The van der Waals surface area contributed by atoms with Gasteiger partial charge in [0.15, 0.2) is 0 Å². The topological polar surface area (TPSA) is 83.1 Å². The Balaban J connectivity index is 1.93. The number of sulfone groups is 1. The van der Waals surface area contributed by atoms with Crippen LogP contribution < -0.4 is 5.56 Å². The Hall–Kier alpha value is -1.77. The van der Waals surface area contributed by atoms with Crippen molar-refractivity contribution in [1.29, 1.82) is 0 Å². The number of benzene rings is 1. The second-order valence-electron chi connectivity index (χ2n) is 6.19. The second-order valence-corrected chi connectivity index (χ2v) is 8.49. The lowest BCUT2D eigenvalue weighted by Gasteiger charge is -2.28. The molecule has 0 radical (unpaired) electrons. The van der Waals surface area contributed by atoms with Crippen molar-refractivity contribution in [2.24, 2.45) is 0 Å². The zero-order valence-corrected chi connectivity index (χ0v) is 15.3. The third-order valence-electron chi connectivity index (χ3n) is 4.24. The van der Waals surface area contributed by atoms with Gasteiger partial charge in [0.25, 0.3) is 5.56 Å². The van der Waals surface area contributed by atoms with Gasteiger partial charge in [0.05, 0.1) is 10.7 Å². The van der Waals surface area contributed by atoms with E-state index in [1.54, 1.807) is 13.0 Å². The highest BCUT2D eigenvalue weighted by Gasteiger charge is 2.24. The minimum atomic E-state index is -3.62. The third kappa shape index (κ3) is 3.61. The lowest BCUT2D eigenvalue weighted by molar-refractivity contribution is 0.236. The van der Waals surface area contributed by atoms with E-state index >= 15 is 0 Å². The van der Waals surface area contributed by atoms with Gasteiger partial charge in [-0.05, 0) is 25.0 Å². The number of hydrogen-bond donors (Lipinski definition) is 1. The normalized spacial score (nSPS) is 15.2. The van der Waals surface area contributed by atoms with E-state index in [9.17, 15) is 17.6 Å². The monoisotopic (exact) mass is 385 g/mol. The minimum Gasteiger partial charge on any atom is -0.297 e. The lowest BCUT2D eigenvalue weighted by atomic mass is 10.0. The van der Waals surface area contributed by atoms with E-state index in [0.29, 0.717) is 34.8 Å². The number of nitrogens with zero attached hydrogens (tertiary/aromatic N) is 2. The van der Waals surface area contributed by atoms with Crippen LogP contribution in [-0.2, 0) is 29.3 Å². The van der Waals surface area contributed by atoms with E-state index in [-0.39, 0.29) is 18.2 Å². The highest BCUT2D eigenvalue weighted by atomic mass is 35.5. The molecule has 0 spiro atoms. The van der Waals surface area contributed by atoms with Crippen LogP contribution in [0.5, 0.6) is 0 Å². The van der Waals surface area contributed by atoms with Gasteiger partial charge in [0, 0.05) is 37.0 Å². The molecule has 1 aromatic carbocycles. The maximum atomic E-state index is 14.1. The molecular formula is C16H17ClFN3O3S. The maximum absolute atomic E-state index is 14.1. The molecular weight excluding hydrogens is 369 g/mol. The summed E-state index contributed by atoms with van der Waals surface area (Å²) in [4.78, 5) is 20.4. The molecule has 1 N–H and O–H groups in total. The molecule has 0 bridgehead atoms. The highest BCUT2D eigenvalue weighted by Crippen LogP contribution is 2.26. The zero-order valence-electron chi connectivity index (χ0n) is 13.8. The molecule has 6 nitrogen and oxygen atoms in total. The molecule has 3 rings (SSSR count). The summed E-state index contributed by atoms with van der Waals surface area (Å²) in [5.74, 6) is -0.392. The van der Waals surface area contributed by atoms with Gasteiger partial charge >= 0.3 is 0 Å². The summed E-state index contributed by atoms with van der Waals surface area (Å²) >= 11 is 6.21. The first-order valence-corrected chi connectivity index (χ1v) is 9.91. The summed E-state index contributed by atoms with van der Waals surface area (Å²) in [5.41, 5.74) is 1.60. The predicted octanol–water partition coefficient (Wildman–Crippen LogP) is 1.83. The van der Waals surface area contributed by atoms with E-state index in [0.717, 1.165) is 11.8 Å². The molecule has 9 heteroatoms. The number of halogens is 2. The van der Waals surface area contributed by atoms with E-state index in [1.165, 1.54) is 6.07 Å². The average Bonchev–Trinajstić information content (AvgIpc) is 2.54. The minimum absolute atomic E-state index is 0.255. The van der Waals surface area contributed by atoms with Gasteiger partial charge in [-0.1, -0.05) is 17.7 Å². The number of aromatic nitrogens is 2. The van der Waals surface area contributed by atoms with Crippen LogP contribution in [0.1, 0.15) is 22.4 Å². The summed E-state index contributed by atoms with van der Waals surface area (Å²) in [7, 11) is -3.62. The van der Waals surface area contributed by atoms with Crippen LogP contribution in [0.3, 0.4) is 0 Å². The van der Waals surface area contributed by atoms with E-state index in [2.05, 4.69) is 9.97 Å².